The van der Waals surface area contributed by atoms with Gasteiger partial charge in [-0.25, -0.2) is 4.39 Å². The fourth-order valence-electron chi connectivity index (χ4n) is 1.38. The lowest BCUT2D eigenvalue weighted by Gasteiger charge is -2.10. The molecule has 1 rings (SSSR count). The van der Waals surface area contributed by atoms with Gasteiger partial charge < -0.3 is 10.6 Å². The first kappa shape index (κ1) is 16.4. The normalized spacial score (nSPS) is 10.4. The van der Waals surface area contributed by atoms with Crippen molar-refractivity contribution in [2.45, 2.75) is 13.8 Å². The Balaban J connectivity index is 2.74. The molecule has 0 fully saturated rings. The first-order valence-electron chi connectivity index (χ1n) is 5.95. The van der Waals surface area contributed by atoms with Crippen LogP contribution in [0, 0.1) is 21.8 Å². The van der Waals surface area contributed by atoms with E-state index in [1.807, 2.05) is 13.8 Å². The highest BCUT2D eigenvalue weighted by molar-refractivity contribution is 9.10. The van der Waals surface area contributed by atoms with Gasteiger partial charge in [0.15, 0.2) is 0 Å². The van der Waals surface area contributed by atoms with Crippen molar-refractivity contribution in [3.8, 4) is 0 Å². The molecule has 8 heteroatoms. The molecule has 0 aromatic heterocycles. The zero-order chi connectivity index (χ0) is 15.3. The number of rotatable bonds is 6. The van der Waals surface area contributed by atoms with Gasteiger partial charge in [0.1, 0.15) is 11.5 Å². The summed E-state index contributed by atoms with van der Waals surface area (Å²) in [5.41, 5.74) is -0.328. The monoisotopic (exact) mass is 347 g/mol. The Kier molecular flexibility index (Phi) is 5.87. The molecule has 110 valence electrons. The van der Waals surface area contributed by atoms with Crippen LogP contribution in [0.15, 0.2) is 16.6 Å². The predicted molar refractivity (Wildman–Crippen MR) is 77.1 cm³/mol. The second kappa shape index (κ2) is 7.18. The minimum Gasteiger partial charge on any atom is -0.370 e. The summed E-state index contributed by atoms with van der Waals surface area (Å²) in [6, 6.07) is 2.04. The number of carbonyl (C=O) groups is 1. The summed E-state index contributed by atoms with van der Waals surface area (Å²) in [5, 5.41) is 16.1. The molecule has 0 aliphatic heterocycles. The summed E-state index contributed by atoms with van der Waals surface area (Å²) < 4.78 is 13.4. The van der Waals surface area contributed by atoms with Crippen LogP contribution in [0.5, 0.6) is 0 Å². The van der Waals surface area contributed by atoms with Gasteiger partial charge >= 0.3 is 0 Å². The van der Waals surface area contributed by atoms with E-state index in [1.165, 1.54) is 0 Å². The number of nitrogens with zero attached hydrogens (tertiary/aromatic N) is 1. The molecule has 0 heterocycles. The molecule has 1 aromatic rings. The van der Waals surface area contributed by atoms with Crippen molar-refractivity contribution in [3.63, 3.8) is 0 Å². The fraction of sp³-hybridized carbons (Fsp3) is 0.417. The van der Waals surface area contributed by atoms with Crippen molar-refractivity contribution >= 4 is 33.2 Å². The highest BCUT2D eigenvalue weighted by Gasteiger charge is 2.18. The number of hydrogen-bond acceptors (Lipinski definition) is 4. The van der Waals surface area contributed by atoms with E-state index in [4.69, 9.17) is 0 Å². The molecule has 20 heavy (non-hydrogen) atoms. The van der Waals surface area contributed by atoms with Crippen LogP contribution in [0.2, 0.25) is 0 Å². The first-order valence-corrected chi connectivity index (χ1v) is 6.74. The Hall–Kier alpha value is -1.70. The number of benzene rings is 1. The van der Waals surface area contributed by atoms with Crippen molar-refractivity contribution in [1.29, 1.82) is 0 Å². The summed E-state index contributed by atoms with van der Waals surface area (Å²) in [6.45, 7) is 4.25. The Labute approximate surface area is 124 Å². The third-order valence-electron chi connectivity index (χ3n) is 2.38. The van der Waals surface area contributed by atoms with Crippen LogP contribution in [0.25, 0.3) is 0 Å². The Morgan fingerprint density at radius 3 is 2.70 bits per heavy atom. The Bertz CT molecular complexity index is 523. The molecule has 0 bridgehead atoms. The van der Waals surface area contributed by atoms with Gasteiger partial charge in [0.25, 0.3) is 5.69 Å². The molecule has 0 unspecified atom stereocenters. The summed E-state index contributed by atoms with van der Waals surface area (Å²) in [4.78, 5) is 21.7. The van der Waals surface area contributed by atoms with Gasteiger partial charge in [-0.2, -0.15) is 0 Å². The Morgan fingerprint density at radius 2 is 2.15 bits per heavy atom. The molecule has 0 atom stereocenters. The molecule has 0 aliphatic carbocycles. The highest BCUT2D eigenvalue weighted by Crippen LogP contribution is 2.30. The van der Waals surface area contributed by atoms with Crippen molar-refractivity contribution in [1.82, 2.24) is 5.32 Å². The average Bonchev–Trinajstić information content (AvgIpc) is 2.36. The second-order valence-electron chi connectivity index (χ2n) is 4.59. The zero-order valence-corrected chi connectivity index (χ0v) is 12.7. The maximum atomic E-state index is 13.4. The lowest BCUT2D eigenvalue weighted by molar-refractivity contribution is -0.384. The van der Waals surface area contributed by atoms with E-state index in [0.29, 0.717) is 12.5 Å². The van der Waals surface area contributed by atoms with Crippen LogP contribution in [0.3, 0.4) is 0 Å². The number of nitro benzene ring substituents is 1. The molecule has 6 nitrogen and oxygen atoms in total. The molecule has 0 saturated heterocycles. The van der Waals surface area contributed by atoms with Crippen molar-refractivity contribution in [2.24, 2.45) is 5.92 Å². The van der Waals surface area contributed by atoms with Crippen molar-refractivity contribution < 1.29 is 14.1 Å². The van der Waals surface area contributed by atoms with Gasteiger partial charge in [0.2, 0.25) is 5.91 Å². The van der Waals surface area contributed by atoms with E-state index in [1.54, 1.807) is 0 Å². The zero-order valence-electron chi connectivity index (χ0n) is 11.1. The number of nitro groups is 1. The van der Waals surface area contributed by atoms with Crippen LogP contribution in [-0.2, 0) is 4.79 Å². The van der Waals surface area contributed by atoms with Gasteiger partial charge in [0.05, 0.1) is 15.9 Å². The molecular formula is C12H15BrFN3O3. The molecule has 0 saturated carbocycles. The molecular weight excluding hydrogens is 333 g/mol. The van der Waals surface area contributed by atoms with Gasteiger partial charge in [-0.15, -0.1) is 0 Å². The average molecular weight is 348 g/mol. The smallest absolute Gasteiger partial charge is 0.293 e. The molecule has 2 N–H and O–H groups in total. The van der Waals surface area contributed by atoms with Gasteiger partial charge in [-0.3, -0.25) is 14.9 Å². The summed E-state index contributed by atoms with van der Waals surface area (Å²) in [7, 11) is 0. The number of amides is 1. The maximum absolute atomic E-state index is 13.4. The third-order valence-corrected chi connectivity index (χ3v) is 2.99. The standard InChI is InChI=1S/C12H15BrFN3O3/c1-7(2)5-16-12(18)6-15-10-4-9(14)8(13)3-11(10)17(19)20/h3-4,7,15H,5-6H2,1-2H3,(H,16,18). The molecule has 0 aliphatic rings. The molecule has 1 aromatic carbocycles. The SMILES string of the molecule is CC(C)CNC(=O)CNc1cc(F)c(Br)cc1[N+](=O)[O-]. The van der Waals surface area contributed by atoms with Crippen LogP contribution in [0.4, 0.5) is 15.8 Å². The largest absolute Gasteiger partial charge is 0.370 e. The quantitative estimate of drug-likeness (QED) is 0.612. The van der Waals surface area contributed by atoms with Crippen LogP contribution in [0.1, 0.15) is 13.8 Å². The van der Waals surface area contributed by atoms with Crippen LogP contribution >= 0.6 is 15.9 Å². The maximum Gasteiger partial charge on any atom is 0.293 e. The van der Waals surface area contributed by atoms with E-state index >= 15 is 0 Å². The topological polar surface area (TPSA) is 84.3 Å². The lowest BCUT2D eigenvalue weighted by atomic mass is 10.2. The minimum absolute atomic E-state index is 0.000917. The first-order chi connectivity index (χ1) is 9.31. The molecule has 1 amide bonds. The van der Waals surface area contributed by atoms with Crippen molar-refractivity contribution in [2.75, 3.05) is 18.4 Å². The number of anilines is 1. The summed E-state index contributed by atoms with van der Waals surface area (Å²) in [5.74, 6) is -0.643. The molecule has 0 spiro atoms. The number of carbonyl (C=O) groups excluding carboxylic acids is 1. The van der Waals surface area contributed by atoms with E-state index in [0.717, 1.165) is 12.1 Å². The van der Waals surface area contributed by atoms with E-state index in [2.05, 4.69) is 26.6 Å². The third kappa shape index (κ3) is 4.76. The van der Waals surface area contributed by atoms with Gasteiger partial charge in [-0.05, 0) is 21.8 Å². The van der Waals surface area contributed by atoms with E-state index < -0.39 is 10.7 Å². The number of halogens is 2. The number of nitrogens with one attached hydrogen (secondary N) is 2. The Morgan fingerprint density at radius 1 is 1.50 bits per heavy atom. The predicted octanol–water partition coefficient (Wildman–Crippen LogP) is 2.68. The number of hydrogen-bond donors (Lipinski definition) is 2. The summed E-state index contributed by atoms with van der Waals surface area (Å²) >= 11 is 2.88. The minimum atomic E-state index is -0.640. The van der Waals surface area contributed by atoms with Crippen molar-refractivity contribution in [3.05, 3.63) is 32.5 Å². The highest BCUT2D eigenvalue weighted by atomic mass is 79.9. The van der Waals surface area contributed by atoms with Crippen LogP contribution < -0.4 is 10.6 Å². The van der Waals surface area contributed by atoms with Crippen LogP contribution in [-0.4, -0.2) is 23.9 Å². The fourth-order valence-corrected chi connectivity index (χ4v) is 1.72. The molecule has 0 radical (unpaired) electrons. The van der Waals surface area contributed by atoms with Gasteiger partial charge in [-0.1, -0.05) is 13.8 Å². The van der Waals surface area contributed by atoms with E-state index in [9.17, 15) is 19.3 Å². The lowest BCUT2D eigenvalue weighted by Crippen LogP contribution is -2.32. The summed E-state index contributed by atoms with van der Waals surface area (Å²) in [6.07, 6.45) is 0. The second-order valence-corrected chi connectivity index (χ2v) is 5.45. The van der Waals surface area contributed by atoms with Gasteiger partial charge in [0, 0.05) is 18.7 Å². The van der Waals surface area contributed by atoms with E-state index in [-0.39, 0.29) is 28.3 Å².